The third kappa shape index (κ3) is 5.30. The number of hydrogen-bond acceptors (Lipinski definition) is 5. The largest absolute Gasteiger partial charge is 0.497 e. The Morgan fingerprint density at radius 2 is 1.63 bits per heavy atom. The fourth-order valence-corrected chi connectivity index (χ4v) is 3.99. The Kier molecular flexibility index (Phi) is 6.98. The molecule has 2 aromatic rings. The number of methoxy groups -OCH3 is 1. The summed E-state index contributed by atoms with van der Waals surface area (Å²) in [4.78, 5) is 11.8. The van der Waals surface area contributed by atoms with Crippen molar-refractivity contribution in [2.45, 2.75) is 31.7 Å². The van der Waals surface area contributed by atoms with Crippen LogP contribution in [0.5, 0.6) is 5.75 Å². The minimum Gasteiger partial charge on any atom is -0.497 e. The van der Waals surface area contributed by atoms with Crippen molar-refractivity contribution in [3.05, 3.63) is 59.7 Å². The van der Waals surface area contributed by atoms with Gasteiger partial charge in [0.25, 0.3) is 0 Å². The van der Waals surface area contributed by atoms with E-state index in [0.717, 1.165) is 5.56 Å². The molecule has 0 aliphatic carbocycles. The average molecular weight is 391 g/mol. The summed E-state index contributed by atoms with van der Waals surface area (Å²) in [6.45, 7) is 5.87. The summed E-state index contributed by atoms with van der Waals surface area (Å²) < 4.78 is 38.4. The minimum atomic E-state index is -3.76. The van der Waals surface area contributed by atoms with Gasteiger partial charge in [-0.25, -0.2) is 17.9 Å². The number of esters is 1. The van der Waals surface area contributed by atoms with Crippen LogP contribution in [-0.2, 0) is 14.8 Å². The monoisotopic (exact) mass is 391 g/mol. The number of sulfonamides is 1. The summed E-state index contributed by atoms with van der Waals surface area (Å²) in [6.07, 6.45) is 0. The predicted octanol–water partition coefficient (Wildman–Crippen LogP) is 3.55. The molecular formula is C20H25NO5S. The molecule has 27 heavy (non-hydrogen) atoms. The lowest BCUT2D eigenvalue weighted by molar-refractivity contribution is 0.0526. The van der Waals surface area contributed by atoms with Gasteiger partial charge in [0.1, 0.15) is 5.75 Å². The van der Waals surface area contributed by atoms with Crippen molar-refractivity contribution in [2.75, 3.05) is 13.7 Å². The molecular weight excluding hydrogens is 366 g/mol. The smallest absolute Gasteiger partial charge is 0.338 e. The van der Waals surface area contributed by atoms with Crippen molar-refractivity contribution in [1.29, 1.82) is 0 Å². The fraction of sp³-hybridized carbons (Fsp3) is 0.350. The van der Waals surface area contributed by atoms with Crippen LogP contribution in [0.2, 0.25) is 0 Å². The fourth-order valence-electron chi connectivity index (χ4n) is 2.62. The number of nitrogens with one attached hydrogen (secondary N) is 1. The molecule has 2 rings (SSSR count). The molecule has 0 heterocycles. The Labute approximate surface area is 160 Å². The van der Waals surface area contributed by atoms with Gasteiger partial charge in [-0.3, -0.25) is 0 Å². The normalized spacial score (nSPS) is 12.6. The van der Waals surface area contributed by atoms with E-state index < -0.39 is 22.0 Å². The molecule has 2 aromatic carbocycles. The molecule has 1 unspecified atom stereocenters. The van der Waals surface area contributed by atoms with Gasteiger partial charge in [0, 0.05) is 6.04 Å². The number of ether oxygens (including phenoxy) is 2. The first kappa shape index (κ1) is 20.9. The molecule has 0 spiro atoms. The lowest BCUT2D eigenvalue weighted by Crippen LogP contribution is -2.31. The lowest BCUT2D eigenvalue weighted by atomic mass is 9.97. The summed E-state index contributed by atoms with van der Waals surface area (Å²) in [5, 5.41) is 0. The van der Waals surface area contributed by atoms with Crippen LogP contribution in [-0.4, -0.2) is 28.1 Å². The first-order valence-corrected chi connectivity index (χ1v) is 10.2. The van der Waals surface area contributed by atoms with Gasteiger partial charge in [-0.2, -0.15) is 0 Å². The van der Waals surface area contributed by atoms with E-state index in [1.165, 1.54) is 24.3 Å². The zero-order valence-electron chi connectivity index (χ0n) is 15.9. The summed E-state index contributed by atoms with van der Waals surface area (Å²) in [5.41, 5.74) is 1.16. The van der Waals surface area contributed by atoms with Gasteiger partial charge in [-0.15, -0.1) is 0 Å². The van der Waals surface area contributed by atoms with E-state index in [-0.39, 0.29) is 17.4 Å². The van der Waals surface area contributed by atoms with Crippen LogP contribution < -0.4 is 9.46 Å². The maximum Gasteiger partial charge on any atom is 0.338 e. The second-order valence-corrected chi connectivity index (χ2v) is 8.07. The van der Waals surface area contributed by atoms with Gasteiger partial charge in [0.2, 0.25) is 10.0 Å². The molecule has 0 radical (unpaired) electrons. The maximum atomic E-state index is 12.8. The van der Waals surface area contributed by atoms with Crippen LogP contribution in [0, 0.1) is 5.92 Å². The Bertz CT molecular complexity index is 858. The first-order valence-electron chi connectivity index (χ1n) is 8.72. The number of benzene rings is 2. The van der Waals surface area contributed by atoms with Crippen molar-refractivity contribution in [1.82, 2.24) is 4.72 Å². The Morgan fingerprint density at radius 3 is 2.11 bits per heavy atom. The quantitative estimate of drug-likeness (QED) is 0.696. The molecule has 0 fully saturated rings. The molecule has 0 saturated heterocycles. The summed E-state index contributed by atoms with van der Waals surface area (Å²) in [7, 11) is -2.18. The molecule has 0 aromatic heterocycles. The van der Waals surface area contributed by atoms with Crippen molar-refractivity contribution in [2.24, 2.45) is 5.92 Å². The maximum absolute atomic E-state index is 12.8. The zero-order valence-corrected chi connectivity index (χ0v) is 16.7. The standard InChI is InChI=1S/C20H25NO5S/c1-5-26-20(22)16-8-12-18(13-9-16)27(23,24)21-19(14(2)3)15-6-10-17(25-4)11-7-15/h6-14,19,21H,5H2,1-4H3. The van der Waals surface area contributed by atoms with Gasteiger partial charge >= 0.3 is 5.97 Å². The average Bonchev–Trinajstić information content (AvgIpc) is 2.66. The Morgan fingerprint density at radius 1 is 1.04 bits per heavy atom. The summed E-state index contributed by atoms with van der Waals surface area (Å²) in [6, 6.07) is 12.6. The van der Waals surface area contributed by atoms with Crippen LogP contribution in [0.1, 0.15) is 42.7 Å². The molecule has 0 aliphatic heterocycles. The van der Waals surface area contributed by atoms with E-state index in [1.807, 2.05) is 26.0 Å². The highest BCUT2D eigenvalue weighted by molar-refractivity contribution is 7.89. The van der Waals surface area contributed by atoms with Crippen LogP contribution >= 0.6 is 0 Å². The highest BCUT2D eigenvalue weighted by Gasteiger charge is 2.24. The first-order chi connectivity index (χ1) is 12.8. The van der Waals surface area contributed by atoms with Crippen LogP contribution in [0.4, 0.5) is 0 Å². The van der Waals surface area contributed by atoms with Crippen molar-refractivity contribution in [3.8, 4) is 5.75 Å². The van der Waals surface area contributed by atoms with Crippen molar-refractivity contribution < 1.29 is 22.7 Å². The van der Waals surface area contributed by atoms with E-state index in [0.29, 0.717) is 11.3 Å². The molecule has 146 valence electrons. The van der Waals surface area contributed by atoms with E-state index in [4.69, 9.17) is 9.47 Å². The number of hydrogen-bond donors (Lipinski definition) is 1. The molecule has 7 heteroatoms. The van der Waals surface area contributed by atoms with Gasteiger partial charge < -0.3 is 9.47 Å². The molecule has 0 aliphatic rings. The zero-order chi connectivity index (χ0) is 20.0. The van der Waals surface area contributed by atoms with Crippen LogP contribution in [0.15, 0.2) is 53.4 Å². The number of rotatable bonds is 8. The Balaban J connectivity index is 2.24. The molecule has 1 atom stereocenters. The predicted molar refractivity (Wildman–Crippen MR) is 103 cm³/mol. The van der Waals surface area contributed by atoms with E-state index in [1.54, 1.807) is 26.2 Å². The topological polar surface area (TPSA) is 81.7 Å². The van der Waals surface area contributed by atoms with Gasteiger partial charge in [-0.1, -0.05) is 26.0 Å². The van der Waals surface area contributed by atoms with Gasteiger partial charge in [0.05, 0.1) is 24.2 Å². The van der Waals surface area contributed by atoms with E-state index in [2.05, 4.69) is 4.72 Å². The minimum absolute atomic E-state index is 0.0342. The highest BCUT2D eigenvalue weighted by Crippen LogP contribution is 2.26. The molecule has 0 saturated carbocycles. The highest BCUT2D eigenvalue weighted by atomic mass is 32.2. The summed E-state index contributed by atoms with van der Waals surface area (Å²) in [5.74, 6) is 0.262. The summed E-state index contributed by atoms with van der Waals surface area (Å²) >= 11 is 0. The lowest BCUT2D eigenvalue weighted by Gasteiger charge is -2.23. The van der Waals surface area contributed by atoms with Gasteiger partial charge in [0.15, 0.2) is 0 Å². The van der Waals surface area contributed by atoms with E-state index in [9.17, 15) is 13.2 Å². The van der Waals surface area contributed by atoms with E-state index >= 15 is 0 Å². The van der Waals surface area contributed by atoms with Crippen LogP contribution in [0.3, 0.4) is 0 Å². The molecule has 0 bridgehead atoms. The SMILES string of the molecule is CCOC(=O)c1ccc(S(=O)(=O)NC(c2ccc(OC)cc2)C(C)C)cc1. The van der Waals surface area contributed by atoms with Crippen molar-refractivity contribution >= 4 is 16.0 Å². The molecule has 0 amide bonds. The van der Waals surface area contributed by atoms with Gasteiger partial charge in [-0.05, 0) is 54.8 Å². The van der Waals surface area contributed by atoms with Crippen molar-refractivity contribution in [3.63, 3.8) is 0 Å². The number of carbonyl (C=O) groups is 1. The second kappa shape index (κ2) is 9.01. The second-order valence-electron chi connectivity index (χ2n) is 6.36. The Hall–Kier alpha value is -2.38. The third-order valence-corrected chi connectivity index (χ3v) is 5.56. The molecule has 6 nitrogen and oxygen atoms in total. The number of carbonyl (C=O) groups excluding carboxylic acids is 1. The molecule has 1 N–H and O–H groups in total. The third-order valence-electron chi connectivity index (χ3n) is 4.10. The van der Waals surface area contributed by atoms with Crippen LogP contribution in [0.25, 0.3) is 0 Å².